The largest absolute Gasteiger partial charge is 0.469 e. The first-order valence-electron chi connectivity index (χ1n) is 5.25. The molecule has 1 aromatic carbocycles. The van der Waals surface area contributed by atoms with Crippen molar-refractivity contribution < 1.29 is 22.7 Å². The van der Waals surface area contributed by atoms with E-state index < -0.39 is 11.5 Å². The molecule has 0 amide bonds. The molecule has 8 heteroatoms. The van der Waals surface area contributed by atoms with E-state index in [1.807, 2.05) is 0 Å². The lowest BCUT2D eigenvalue weighted by Gasteiger charge is -2.13. The van der Waals surface area contributed by atoms with Crippen molar-refractivity contribution in [1.29, 1.82) is 5.26 Å². The number of hydrogen-bond donors (Lipinski definition) is 0. The van der Waals surface area contributed by atoms with Crippen LogP contribution < -0.4 is 0 Å². The Morgan fingerprint density at radius 3 is 2.55 bits per heavy atom. The number of nitrogens with zero attached hydrogens (tertiary/aromatic N) is 1. The summed E-state index contributed by atoms with van der Waals surface area (Å²) in [5.74, 6) is -0.701. The lowest BCUT2D eigenvalue weighted by molar-refractivity contribution is -0.139. The zero-order valence-corrected chi connectivity index (χ0v) is 11.8. The molecule has 3 nitrogen and oxygen atoms in total. The molecule has 0 aliphatic carbocycles. The molecule has 0 heterocycles. The van der Waals surface area contributed by atoms with Gasteiger partial charge in [0, 0.05) is 10.8 Å². The van der Waals surface area contributed by atoms with Crippen LogP contribution in [-0.4, -0.2) is 18.6 Å². The van der Waals surface area contributed by atoms with E-state index in [-0.39, 0.29) is 40.1 Å². The lowest BCUT2D eigenvalue weighted by Crippen LogP contribution is -2.08. The maximum atomic E-state index is 12.5. The van der Waals surface area contributed by atoms with Crippen molar-refractivity contribution in [3.05, 3.63) is 28.8 Å². The molecule has 0 spiro atoms. The van der Waals surface area contributed by atoms with Gasteiger partial charge in [-0.1, -0.05) is 6.07 Å². The van der Waals surface area contributed by atoms with Gasteiger partial charge in [0.15, 0.2) is 0 Å². The van der Waals surface area contributed by atoms with E-state index >= 15 is 0 Å². The molecule has 0 radical (unpaired) electrons. The van der Waals surface area contributed by atoms with Crippen LogP contribution in [-0.2, 0) is 21.8 Å². The Balaban J connectivity index is 3.29. The zero-order valence-electron chi connectivity index (χ0n) is 10.3. The minimum absolute atomic E-state index is 0.0337. The molecule has 0 N–H and O–H groups in total. The summed E-state index contributed by atoms with van der Waals surface area (Å²) < 4.78 is 41.9. The Hall–Kier alpha value is -1.39. The highest BCUT2D eigenvalue weighted by atomic mass is 35.5. The van der Waals surface area contributed by atoms with Gasteiger partial charge < -0.3 is 4.74 Å². The molecule has 0 bridgehead atoms. The van der Waals surface area contributed by atoms with Crippen LogP contribution >= 0.6 is 23.4 Å². The van der Waals surface area contributed by atoms with Gasteiger partial charge in [-0.3, -0.25) is 4.79 Å². The van der Waals surface area contributed by atoms with E-state index in [0.29, 0.717) is 5.56 Å². The molecule has 0 aliphatic heterocycles. The van der Waals surface area contributed by atoms with Crippen LogP contribution in [0.2, 0.25) is 0 Å². The number of hydrogen-bond acceptors (Lipinski definition) is 4. The fourth-order valence-electron chi connectivity index (χ4n) is 1.48. The summed E-state index contributed by atoms with van der Waals surface area (Å²) in [6.45, 7) is 0. The molecule has 0 atom stereocenters. The monoisotopic (exact) mass is 323 g/mol. The smallest absolute Gasteiger partial charge is 0.446 e. The second-order valence-corrected chi connectivity index (χ2v) is 5.04. The molecule has 0 aromatic heterocycles. The number of methoxy groups -OCH3 is 1. The molecule has 0 fully saturated rings. The maximum absolute atomic E-state index is 12.5. The number of halogens is 4. The number of benzene rings is 1. The number of ether oxygens (including phenoxy) is 1. The molecule has 1 aromatic rings. The van der Waals surface area contributed by atoms with Crippen LogP contribution in [0.4, 0.5) is 13.2 Å². The third-order valence-corrected chi connectivity index (χ3v) is 3.46. The lowest BCUT2D eigenvalue weighted by atomic mass is 10.0. The van der Waals surface area contributed by atoms with E-state index in [1.54, 1.807) is 6.07 Å². The first kappa shape index (κ1) is 16.7. The van der Waals surface area contributed by atoms with Gasteiger partial charge in [0.1, 0.15) is 0 Å². The summed E-state index contributed by atoms with van der Waals surface area (Å²) >= 11 is 5.27. The highest BCUT2D eigenvalue weighted by molar-refractivity contribution is 8.00. The van der Waals surface area contributed by atoms with Crippen molar-refractivity contribution in [2.45, 2.75) is 22.7 Å². The van der Waals surface area contributed by atoms with Crippen molar-refractivity contribution in [3.8, 4) is 6.07 Å². The van der Waals surface area contributed by atoms with Gasteiger partial charge in [-0.15, -0.1) is 11.6 Å². The molecule has 108 valence electrons. The molecular weight excluding hydrogens is 315 g/mol. The summed E-state index contributed by atoms with van der Waals surface area (Å²) in [6, 6.07) is 4.21. The summed E-state index contributed by atoms with van der Waals surface area (Å²) in [5, 5.41) is 8.90. The maximum Gasteiger partial charge on any atom is 0.446 e. The predicted octanol–water partition coefficient (Wildman–Crippen LogP) is 3.62. The average molecular weight is 324 g/mol. The summed E-state index contributed by atoms with van der Waals surface area (Å²) in [5.41, 5.74) is -3.95. The Bertz CT molecular complexity index is 555. The van der Waals surface area contributed by atoms with Gasteiger partial charge in [-0.25, -0.2) is 0 Å². The fraction of sp³-hybridized carbons (Fsp3) is 0.333. The summed E-state index contributed by atoms with van der Waals surface area (Å²) in [7, 11) is 1.14. The van der Waals surface area contributed by atoms with Gasteiger partial charge >= 0.3 is 11.5 Å². The third kappa shape index (κ3) is 4.62. The van der Waals surface area contributed by atoms with E-state index in [9.17, 15) is 18.0 Å². The predicted molar refractivity (Wildman–Crippen MR) is 68.3 cm³/mol. The number of alkyl halides is 4. The number of thioether (sulfide) groups is 1. The number of carbonyl (C=O) groups excluding carboxylic acids is 1. The Morgan fingerprint density at radius 2 is 2.10 bits per heavy atom. The van der Waals surface area contributed by atoms with E-state index in [0.717, 1.165) is 13.2 Å². The first-order valence-corrected chi connectivity index (χ1v) is 6.60. The first-order chi connectivity index (χ1) is 9.30. The van der Waals surface area contributed by atoms with Gasteiger partial charge in [0.2, 0.25) is 0 Å². The summed E-state index contributed by atoms with van der Waals surface area (Å²) in [4.78, 5) is 11.0. The van der Waals surface area contributed by atoms with E-state index in [4.69, 9.17) is 16.9 Å². The van der Waals surface area contributed by atoms with Crippen molar-refractivity contribution in [3.63, 3.8) is 0 Å². The van der Waals surface area contributed by atoms with Crippen LogP contribution in [0.15, 0.2) is 17.0 Å². The number of rotatable bonds is 4. The molecule has 0 saturated carbocycles. The second kappa shape index (κ2) is 6.86. The Kier molecular flexibility index (Phi) is 5.72. The quantitative estimate of drug-likeness (QED) is 0.482. The van der Waals surface area contributed by atoms with Gasteiger partial charge in [-0.05, 0) is 29.0 Å². The zero-order chi connectivity index (χ0) is 15.3. The second-order valence-electron chi connectivity index (χ2n) is 3.66. The van der Waals surface area contributed by atoms with Gasteiger partial charge in [-0.2, -0.15) is 18.4 Å². The number of esters is 1. The highest BCUT2D eigenvalue weighted by Gasteiger charge is 2.31. The SMILES string of the molecule is COC(=O)Cc1cc(CCl)c(C#N)cc1SC(F)(F)F. The minimum Gasteiger partial charge on any atom is -0.469 e. The van der Waals surface area contributed by atoms with Crippen LogP contribution in [0.1, 0.15) is 16.7 Å². The Morgan fingerprint density at radius 1 is 1.45 bits per heavy atom. The van der Waals surface area contributed by atoms with Crippen molar-refractivity contribution >= 4 is 29.3 Å². The molecule has 1 rings (SSSR count). The van der Waals surface area contributed by atoms with Crippen LogP contribution in [0.5, 0.6) is 0 Å². The van der Waals surface area contributed by atoms with Crippen LogP contribution in [0, 0.1) is 11.3 Å². The van der Waals surface area contributed by atoms with E-state index in [2.05, 4.69) is 4.74 Å². The third-order valence-electron chi connectivity index (χ3n) is 2.34. The van der Waals surface area contributed by atoms with Crippen molar-refractivity contribution in [2.24, 2.45) is 0 Å². The number of nitriles is 1. The van der Waals surface area contributed by atoms with Gasteiger partial charge in [0.25, 0.3) is 0 Å². The van der Waals surface area contributed by atoms with Gasteiger partial charge in [0.05, 0.1) is 25.2 Å². The fourth-order valence-corrected chi connectivity index (χ4v) is 2.39. The number of carbonyl (C=O) groups is 1. The standard InChI is InChI=1S/C12H9ClF3NO2S/c1-19-11(18)4-7-2-8(5-13)9(6-17)3-10(7)20-12(14,15)16/h2-3H,4-5H2,1H3. The molecule has 0 unspecified atom stereocenters. The summed E-state index contributed by atoms with van der Waals surface area (Å²) in [6.07, 6.45) is -0.315. The molecule has 0 aliphatic rings. The molecule has 20 heavy (non-hydrogen) atoms. The van der Waals surface area contributed by atoms with Crippen LogP contribution in [0.25, 0.3) is 0 Å². The topological polar surface area (TPSA) is 50.1 Å². The molecule has 0 saturated heterocycles. The normalized spacial score (nSPS) is 11.0. The van der Waals surface area contributed by atoms with Crippen LogP contribution in [0.3, 0.4) is 0 Å². The highest BCUT2D eigenvalue weighted by Crippen LogP contribution is 2.40. The van der Waals surface area contributed by atoms with E-state index in [1.165, 1.54) is 6.07 Å². The van der Waals surface area contributed by atoms with Crippen molar-refractivity contribution in [1.82, 2.24) is 0 Å². The Labute approximate surface area is 122 Å². The average Bonchev–Trinajstić information content (AvgIpc) is 2.38. The van der Waals surface area contributed by atoms with Crippen molar-refractivity contribution in [2.75, 3.05) is 7.11 Å². The molecular formula is C12H9ClF3NO2S. The minimum atomic E-state index is -4.51.